The SMILES string of the molecule is CC.CC(C)O.c1cc(N2CCNCC2)c2c(n1)NCC2. The zero-order valence-corrected chi connectivity index (χ0v) is 13.8. The molecule has 1 fully saturated rings. The minimum atomic E-state index is -0.167. The fraction of sp³-hybridized carbons (Fsp3) is 0.688. The van der Waals surface area contributed by atoms with Gasteiger partial charge in [-0.05, 0) is 26.3 Å². The van der Waals surface area contributed by atoms with E-state index in [1.807, 2.05) is 20.0 Å². The van der Waals surface area contributed by atoms with Crippen LogP contribution in [0.1, 0.15) is 33.3 Å². The van der Waals surface area contributed by atoms with E-state index in [1.165, 1.54) is 11.3 Å². The van der Waals surface area contributed by atoms with Crippen LogP contribution in [0.2, 0.25) is 0 Å². The second-order valence-corrected chi connectivity index (χ2v) is 5.16. The van der Waals surface area contributed by atoms with E-state index in [-0.39, 0.29) is 6.10 Å². The van der Waals surface area contributed by atoms with E-state index >= 15 is 0 Å². The van der Waals surface area contributed by atoms with Gasteiger partial charge in [-0.3, -0.25) is 0 Å². The normalized spacial score (nSPS) is 16.2. The lowest BCUT2D eigenvalue weighted by Crippen LogP contribution is -2.43. The van der Waals surface area contributed by atoms with Gasteiger partial charge in [-0.2, -0.15) is 0 Å². The molecule has 21 heavy (non-hydrogen) atoms. The first kappa shape index (κ1) is 17.7. The molecule has 0 aliphatic carbocycles. The molecule has 5 nitrogen and oxygen atoms in total. The summed E-state index contributed by atoms with van der Waals surface area (Å²) in [5.41, 5.74) is 2.78. The lowest BCUT2D eigenvalue weighted by Gasteiger charge is -2.30. The minimum Gasteiger partial charge on any atom is -0.394 e. The number of pyridine rings is 1. The molecule has 0 spiro atoms. The predicted octanol–water partition coefficient (Wildman–Crippen LogP) is 1.87. The number of aliphatic hydroxyl groups is 1. The molecule has 1 aromatic rings. The van der Waals surface area contributed by atoms with Gasteiger partial charge in [0.15, 0.2) is 0 Å². The van der Waals surface area contributed by atoms with Gasteiger partial charge < -0.3 is 20.6 Å². The van der Waals surface area contributed by atoms with Crippen molar-refractivity contribution in [2.45, 2.75) is 40.2 Å². The maximum atomic E-state index is 8.06. The number of piperazine rings is 1. The molecule has 0 unspecified atom stereocenters. The second kappa shape index (κ2) is 9.58. The molecule has 3 N–H and O–H groups in total. The number of aromatic nitrogens is 1. The van der Waals surface area contributed by atoms with Crippen molar-refractivity contribution in [3.8, 4) is 0 Å². The molecule has 0 amide bonds. The highest BCUT2D eigenvalue weighted by Crippen LogP contribution is 2.29. The fourth-order valence-electron chi connectivity index (χ4n) is 2.39. The number of rotatable bonds is 1. The van der Waals surface area contributed by atoms with Gasteiger partial charge in [0.2, 0.25) is 0 Å². The molecule has 1 saturated heterocycles. The number of fused-ring (bicyclic) bond motifs is 1. The van der Waals surface area contributed by atoms with Crippen LogP contribution in [-0.4, -0.2) is 48.9 Å². The molecule has 2 aliphatic heterocycles. The number of nitrogens with zero attached hydrogens (tertiary/aromatic N) is 2. The maximum absolute atomic E-state index is 8.06. The topological polar surface area (TPSA) is 60.4 Å². The van der Waals surface area contributed by atoms with Gasteiger partial charge in [-0.25, -0.2) is 4.98 Å². The van der Waals surface area contributed by atoms with Crippen molar-refractivity contribution in [3.63, 3.8) is 0 Å². The summed E-state index contributed by atoms with van der Waals surface area (Å²) in [6, 6.07) is 2.15. The smallest absolute Gasteiger partial charge is 0.131 e. The standard InChI is InChI=1S/C11H16N4.C3H8O.C2H6/c1-3-13-11-9(1)10(2-4-14-11)15-7-5-12-6-8-15;1-3(2)4;1-2/h2,4,12H,1,3,5-8H2,(H,13,14);3-4H,1-2H3;1-2H3. The molecule has 0 radical (unpaired) electrons. The highest BCUT2D eigenvalue weighted by atomic mass is 16.3. The summed E-state index contributed by atoms with van der Waals surface area (Å²) in [5, 5.41) is 14.8. The molecule has 5 heteroatoms. The number of nitrogens with one attached hydrogen (secondary N) is 2. The summed E-state index contributed by atoms with van der Waals surface area (Å²) < 4.78 is 0. The van der Waals surface area contributed by atoms with E-state index in [0.29, 0.717) is 0 Å². The molecule has 0 aromatic carbocycles. The predicted molar refractivity (Wildman–Crippen MR) is 90.2 cm³/mol. The zero-order valence-electron chi connectivity index (χ0n) is 13.8. The minimum absolute atomic E-state index is 0.167. The lowest BCUT2D eigenvalue weighted by atomic mass is 10.1. The Balaban J connectivity index is 0.000000322. The van der Waals surface area contributed by atoms with E-state index in [4.69, 9.17) is 5.11 Å². The Bertz CT molecular complexity index is 401. The van der Waals surface area contributed by atoms with E-state index in [9.17, 15) is 0 Å². The summed E-state index contributed by atoms with van der Waals surface area (Å²) in [6.07, 6.45) is 2.86. The average molecular weight is 294 g/mol. The van der Waals surface area contributed by atoms with Gasteiger partial charge >= 0.3 is 0 Å². The first-order valence-electron chi connectivity index (χ1n) is 8.04. The largest absolute Gasteiger partial charge is 0.394 e. The molecular weight excluding hydrogens is 264 g/mol. The number of hydrogen-bond acceptors (Lipinski definition) is 5. The average Bonchev–Trinajstić information content (AvgIpc) is 2.98. The van der Waals surface area contributed by atoms with Gasteiger partial charge in [0, 0.05) is 56.3 Å². The third-order valence-electron chi connectivity index (χ3n) is 3.16. The van der Waals surface area contributed by atoms with E-state index in [1.54, 1.807) is 13.8 Å². The molecule has 3 rings (SSSR count). The highest BCUT2D eigenvalue weighted by Gasteiger charge is 2.20. The van der Waals surface area contributed by atoms with E-state index in [0.717, 1.165) is 45.0 Å². The second-order valence-electron chi connectivity index (χ2n) is 5.16. The molecule has 120 valence electrons. The van der Waals surface area contributed by atoms with Crippen molar-refractivity contribution in [2.24, 2.45) is 0 Å². The van der Waals surface area contributed by atoms with Crippen molar-refractivity contribution in [3.05, 3.63) is 17.8 Å². The Hall–Kier alpha value is -1.33. The first-order valence-corrected chi connectivity index (χ1v) is 8.04. The van der Waals surface area contributed by atoms with Crippen LogP contribution in [0.3, 0.4) is 0 Å². The molecule has 3 heterocycles. The summed E-state index contributed by atoms with van der Waals surface area (Å²) in [5.74, 6) is 1.09. The first-order chi connectivity index (χ1) is 10.2. The molecular formula is C16H30N4O. The number of anilines is 2. The number of hydrogen-bond donors (Lipinski definition) is 3. The van der Waals surface area contributed by atoms with Gasteiger partial charge in [0.1, 0.15) is 5.82 Å². The monoisotopic (exact) mass is 294 g/mol. The van der Waals surface area contributed by atoms with Crippen molar-refractivity contribution < 1.29 is 5.11 Å². The summed E-state index contributed by atoms with van der Waals surface area (Å²) in [7, 11) is 0. The third kappa shape index (κ3) is 5.52. The van der Waals surface area contributed by atoms with Gasteiger partial charge in [-0.1, -0.05) is 13.8 Å². The third-order valence-corrected chi connectivity index (χ3v) is 3.16. The van der Waals surface area contributed by atoms with Crippen LogP contribution in [0.4, 0.5) is 11.5 Å². The van der Waals surface area contributed by atoms with Gasteiger partial charge in [0.05, 0.1) is 0 Å². The summed E-state index contributed by atoms with van der Waals surface area (Å²) >= 11 is 0. The van der Waals surface area contributed by atoms with Crippen molar-refractivity contribution in [1.82, 2.24) is 10.3 Å². The van der Waals surface area contributed by atoms with Gasteiger partial charge in [0.25, 0.3) is 0 Å². The van der Waals surface area contributed by atoms with Crippen LogP contribution in [0.5, 0.6) is 0 Å². The van der Waals surface area contributed by atoms with Crippen molar-refractivity contribution in [1.29, 1.82) is 0 Å². The zero-order chi connectivity index (χ0) is 15.7. The van der Waals surface area contributed by atoms with Crippen LogP contribution < -0.4 is 15.5 Å². The van der Waals surface area contributed by atoms with Crippen molar-refractivity contribution in [2.75, 3.05) is 42.9 Å². The Labute approximate surface area is 128 Å². The molecule has 0 saturated carbocycles. The molecule has 2 aliphatic rings. The van der Waals surface area contributed by atoms with E-state index in [2.05, 4.69) is 26.6 Å². The summed E-state index contributed by atoms with van der Waals surface area (Å²) in [4.78, 5) is 6.82. The quantitative estimate of drug-likeness (QED) is 0.738. The Morgan fingerprint density at radius 1 is 1.19 bits per heavy atom. The lowest BCUT2D eigenvalue weighted by molar-refractivity contribution is 0.216. The Morgan fingerprint density at radius 2 is 1.81 bits per heavy atom. The van der Waals surface area contributed by atoms with Gasteiger partial charge in [-0.15, -0.1) is 0 Å². The van der Waals surface area contributed by atoms with Crippen LogP contribution in [0.25, 0.3) is 0 Å². The van der Waals surface area contributed by atoms with Crippen LogP contribution >= 0.6 is 0 Å². The van der Waals surface area contributed by atoms with Crippen molar-refractivity contribution >= 4 is 11.5 Å². The number of aliphatic hydroxyl groups excluding tert-OH is 1. The Morgan fingerprint density at radius 3 is 2.43 bits per heavy atom. The van der Waals surface area contributed by atoms with Crippen LogP contribution in [-0.2, 0) is 6.42 Å². The molecule has 1 aromatic heterocycles. The summed E-state index contributed by atoms with van der Waals surface area (Å²) in [6.45, 7) is 12.9. The van der Waals surface area contributed by atoms with Crippen LogP contribution in [0, 0.1) is 0 Å². The van der Waals surface area contributed by atoms with E-state index < -0.39 is 0 Å². The fourth-order valence-corrected chi connectivity index (χ4v) is 2.39. The molecule has 0 bridgehead atoms. The molecule has 0 atom stereocenters. The highest BCUT2D eigenvalue weighted by molar-refractivity contribution is 5.65. The Kier molecular flexibility index (Phi) is 8.08. The van der Waals surface area contributed by atoms with Crippen LogP contribution in [0.15, 0.2) is 12.3 Å². The maximum Gasteiger partial charge on any atom is 0.131 e.